The van der Waals surface area contributed by atoms with Crippen molar-refractivity contribution in [2.45, 2.75) is 25.4 Å². The first-order valence-electron chi connectivity index (χ1n) is 9.81. The topological polar surface area (TPSA) is 72.3 Å². The van der Waals surface area contributed by atoms with Crippen molar-refractivity contribution in [2.75, 3.05) is 42.9 Å². The molecule has 2 aromatic rings. The molecule has 1 N–H and O–H groups in total. The highest BCUT2D eigenvalue weighted by Gasteiger charge is 2.32. The Bertz CT molecular complexity index is 1040. The summed E-state index contributed by atoms with van der Waals surface area (Å²) in [7, 11) is 0. The molecule has 1 amide bonds. The Labute approximate surface area is 186 Å². The largest absolute Gasteiger partial charge is 0.417 e. The third-order valence-corrected chi connectivity index (χ3v) is 6.96. The van der Waals surface area contributed by atoms with E-state index in [0.29, 0.717) is 42.6 Å². The molecule has 0 unspecified atom stereocenters. The quantitative estimate of drug-likeness (QED) is 0.734. The third kappa shape index (κ3) is 4.63. The van der Waals surface area contributed by atoms with E-state index >= 15 is 0 Å². The number of aromatic nitrogens is 1. The Hall–Kier alpha value is -2.35. The summed E-state index contributed by atoms with van der Waals surface area (Å²) in [4.78, 5) is 21.4. The number of aryl methyl sites for hydroxylation is 1. The van der Waals surface area contributed by atoms with Crippen LogP contribution in [0.4, 0.5) is 24.0 Å². The molecule has 0 radical (unpaired) electrons. The zero-order valence-electron chi connectivity index (χ0n) is 16.4. The predicted molar refractivity (Wildman–Crippen MR) is 113 cm³/mol. The normalized spacial score (nSPS) is 16.8. The number of carbonyl (C=O) groups is 1. The van der Waals surface area contributed by atoms with Gasteiger partial charge in [0.05, 0.1) is 22.7 Å². The predicted octanol–water partition coefficient (Wildman–Crippen LogP) is 3.94. The molecule has 2 aromatic heterocycles. The highest BCUT2D eigenvalue weighted by atomic mass is 35.5. The molecule has 1 aliphatic carbocycles. The minimum absolute atomic E-state index is 0.0456. The van der Waals surface area contributed by atoms with Gasteiger partial charge in [0.2, 0.25) is 5.91 Å². The van der Waals surface area contributed by atoms with Crippen LogP contribution in [0.25, 0.3) is 0 Å². The Morgan fingerprint density at radius 2 is 2.03 bits per heavy atom. The molecular formula is C20H19ClF3N5OS. The van der Waals surface area contributed by atoms with Gasteiger partial charge in [-0.2, -0.15) is 18.4 Å². The van der Waals surface area contributed by atoms with Crippen LogP contribution < -0.4 is 10.2 Å². The van der Waals surface area contributed by atoms with Crippen molar-refractivity contribution in [1.82, 2.24) is 9.88 Å². The number of rotatable bonds is 4. The van der Waals surface area contributed by atoms with E-state index in [1.807, 2.05) is 9.80 Å². The van der Waals surface area contributed by atoms with E-state index in [1.54, 1.807) is 0 Å². The number of nitrogens with one attached hydrogen (secondary N) is 1. The van der Waals surface area contributed by atoms with Crippen molar-refractivity contribution in [2.24, 2.45) is 0 Å². The van der Waals surface area contributed by atoms with Crippen LogP contribution in [0.5, 0.6) is 0 Å². The number of nitrogens with zero attached hydrogens (tertiary/aromatic N) is 4. The molecule has 0 atom stereocenters. The molecule has 0 spiro atoms. The monoisotopic (exact) mass is 469 g/mol. The van der Waals surface area contributed by atoms with Crippen LogP contribution in [0.2, 0.25) is 5.02 Å². The zero-order valence-corrected chi connectivity index (χ0v) is 18.0. The Morgan fingerprint density at radius 1 is 1.29 bits per heavy atom. The second kappa shape index (κ2) is 8.65. The van der Waals surface area contributed by atoms with Gasteiger partial charge in [-0.25, -0.2) is 4.98 Å². The Morgan fingerprint density at radius 3 is 2.68 bits per heavy atom. The molecule has 1 fully saturated rings. The number of hydrogen-bond donors (Lipinski definition) is 1. The number of pyridine rings is 1. The van der Waals surface area contributed by atoms with Gasteiger partial charge in [-0.05, 0) is 30.9 Å². The molecule has 1 saturated heterocycles. The fourth-order valence-corrected chi connectivity index (χ4v) is 5.46. The lowest BCUT2D eigenvalue weighted by Gasteiger charge is -2.35. The number of thiophene rings is 1. The molecule has 4 rings (SSSR count). The van der Waals surface area contributed by atoms with Gasteiger partial charge in [-0.3, -0.25) is 9.69 Å². The number of fused-ring (bicyclic) bond motifs is 1. The maximum atomic E-state index is 12.8. The number of amides is 1. The average Bonchev–Trinajstić information content (AvgIpc) is 3.28. The van der Waals surface area contributed by atoms with Crippen LogP contribution in [-0.2, 0) is 23.8 Å². The van der Waals surface area contributed by atoms with Crippen LogP contribution in [0.15, 0.2) is 12.3 Å². The van der Waals surface area contributed by atoms with Crippen LogP contribution in [0.3, 0.4) is 0 Å². The number of nitriles is 1. The van der Waals surface area contributed by atoms with E-state index in [-0.39, 0.29) is 17.5 Å². The summed E-state index contributed by atoms with van der Waals surface area (Å²) in [5, 5.41) is 12.9. The van der Waals surface area contributed by atoms with Crippen molar-refractivity contribution < 1.29 is 18.0 Å². The summed E-state index contributed by atoms with van der Waals surface area (Å²) >= 11 is 7.51. The van der Waals surface area contributed by atoms with Gasteiger partial charge in [-0.1, -0.05) is 11.6 Å². The third-order valence-electron chi connectivity index (χ3n) is 5.47. The average molecular weight is 470 g/mol. The van der Waals surface area contributed by atoms with Crippen molar-refractivity contribution >= 4 is 39.7 Å². The van der Waals surface area contributed by atoms with E-state index in [1.165, 1.54) is 16.2 Å². The van der Waals surface area contributed by atoms with Gasteiger partial charge in [0.1, 0.15) is 16.9 Å². The molecule has 0 bridgehead atoms. The first-order chi connectivity index (χ1) is 14.8. The Kier molecular flexibility index (Phi) is 6.10. The number of halogens is 4. The number of piperazine rings is 1. The van der Waals surface area contributed by atoms with Gasteiger partial charge in [0, 0.05) is 37.3 Å². The van der Waals surface area contributed by atoms with Gasteiger partial charge < -0.3 is 10.2 Å². The fourth-order valence-electron chi connectivity index (χ4n) is 3.92. The SMILES string of the molecule is N#Cc1c(NC(=O)CN2CCN(c3ncc(C(F)(F)F)cc3Cl)CC2)sc2c1CCC2. The highest BCUT2D eigenvalue weighted by molar-refractivity contribution is 7.16. The molecular weight excluding hydrogens is 451 g/mol. The second-order valence-electron chi connectivity index (χ2n) is 7.51. The number of alkyl halides is 3. The lowest BCUT2D eigenvalue weighted by atomic mass is 10.1. The summed E-state index contributed by atoms with van der Waals surface area (Å²) in [6, 6.07) is 3.10. The van der Waals surface area contributed by atoms with E-state index in [2.05, 4.69) is 16.4 Å². The minimum Gasteiger partial charge on any atom is -0.353 e. The lowest BCUT2D eigenvalue weighted by Crippen LogP contribution is -2.49. The molecule has 6 nitrogen and oxygen atoms in total. The van der Waals surface area contributed by atoms with Crippen molar-refractivity contribution in [3.8, 4) is 6.07 Å². The number of carbonyl (C=O) groups excluding carboxylic acids is 1. The van der Waals surface area contributed by atoms with Gasteiger partial charge in [0.25, 0.3) is 0 Å². The van der Waals surface area contributed by atoms with Crippen LogP contribution in [0.1, 0.15) is 28.0 Å². The van der Waals surface area contributed by atoms with Crippen molar-refractivity contribution in [3.05, 3.63) is 38.9 Å². The lowest BCUT2D eigenvalue weighted by molar-refractivity contribution is -0.137. The molecule has 2 aliphatic rings. The van der Waals surface area contributed by atoms with Crippen LogP contribution in [-0.4, -0.2) is 48.5 Å². The summed E-state index contributed by atoms with van der Waals surface area (Å²) in [6.45, 7) is 2.23. The minimum atomic E-state index is -4.49. The summed E-state index contributed by atoms with van der Waals surface area (Å²) in [5.74, 6) is 0.126. The van der Waals surface area contributed by atoms with Crippen molar-refractivity contribution in [3.63, 3.8) is 0 Å². The Balaban J connectivity index is 1.33. The zero-order chi connectivity index (χ0) is 22.2. The number of anilines is 2. The second-order valence-corrected chi connectivity index (χ2v) is 9.02. The van der Waals surface area contributed by atoms with Gasteiger partial charge >= 0.3 is 6.18 Å². The van der Waals surface area contributed by atoms with E-state index in [0.717, 1.165) is 37.1 Å². The van der Waals surface area contributed by atoms with Crippen LogP contribution >= 0.6 is 22.9 Å². The smallest absolute Gasteiger partial charge is 0.353 e. The van der Waals surface area contributed by atoms with Gasteiger partial charge in [0.15, 0.2) is 0 Å². The van der Waals surface area contributed by atoms with Gasteiger partial charge in [-0.15, -0.1) is 11.3 Å². The molecule has 11 heteroatoms. The summed E-state index contributed by atoms with van der Waals surface area (Å²) < 4.78 is 38.4. The first-order valence-corrected chi connectivity index (χ1v) is 11.0. The standard InChI is InChI=1S/C20H19ClF3N5OS/c21-15-8-12(20(22,23)24)10-26-18(15)29-6-4-28(5-7-29)11-17(30)27-19-14(9-25)13-2-1-3-16(13)31-19/h8,10H,1-7,11H2,(H,27,30). The molecule has 0 saturated carbocycles. The van der Waals surface area contributed by atoms with E-state index in [9.17, 15) is 23.2 Å². The van der Waals surface area contributed by atoms with Crippen molar-refractivity contribution in [1.29, 1.82) is 5.26 Å². The molecule has 164 valence electrons. The first kappa shape index (κ1) is 21.9. The van der Waals surface area contributed by atoms with E-state index < -0.39 is 11.7 Å². The number of hydrogen-bond acceptors (Lipinski definition) is 6. The maximum absolute atomic E-state index is 12.8. The summed E-state index contributed by atoms with van der Waals surface area (Å²) in [6.07, 6.45) is -0.826. The summed E-state index contributed by atoms with van der Waals surface area (Å²) in [5.41, 5.74) is 0.767. The fraction of sp³-hybridized carbons (Fsp3) is 0.450. The van der Waals surface area contributed by atoms with Crippen LogP contribution in [0, 0.1) is 11.3 Å². The molecule has 31 heavy (non-hydrogen) atoms. The molecule has 3 heterocycles. The maximum Gasteiger partial charge on any atom is 0.417 e. The molecule has 1 aliphatic heterocycles. The van der Waals surface area contributed by atoms with E-state index in [4.69, 9.17) is 11.6 Å². The highest BCUT2D eigenvalue weighted by Crippen LogP contribution is 2.38. The molecule has 0 aromatic carbocycles.